The minimum absolute atomic E-state index is 0.323. The van der Waals surface area contributed by atoms with E-state index in [0.717, 1.165) is 6.61 Å². The van der Waals surface area contributed by atoms with Gasteiger partial charge in [0.1, 0.15) is 0 Å². The molecule has 66 valence electrons. The van der Waals surface area contributed by atoms with Gasteiger partial charge >= 0.3 is 0 Å². The fourth-order valence-electron chi connectivity index (χ4n) is 2.03. The summed E-state index contributed by atoms with van der Waals surface area (Å²) in [5.74, 6) is 0. The molecule has 0 aromatic heterocycles. The molecule has 2 nitrogen and oxygen atoms in total. The fourth-order valence-corrected chi connectivity index (χ4v) is 2.03. The molecule has 1 heterocycles. The highest BCUT2D eigenvalue weighted by Crippen LogP contribution is 2.24. The molecule has 1 fully saturated rings. The minimum Gasteiger partial charge on any atom is -0.383 e. The molecule has 0 bridgehead atoms. The highest BCUT2D eigenvalue weighted by Gasteiger charge is 2.31. The van der Waals surface area contributed by atoms with Gasteiger partial charge in [0.25, 0.3) is 0 Å². The van der Waals surface area contributed by atoms with Gasteiger partial charge in [-0.1, -0.05) is 13.3 Å². The Morgan fingerprint density at radius 1 is 1.55 bits per heavy atom. The first kappa shape index (κ1) is 9.01. The van der Waals surface area contributed by atoms with Crippen molar-refractivity contribution in [2.45, 2.75) is 38.1 Å². The third-order valence-electron chi connectivity index (χ3n) is 2.48. The van der Waals surface area contributed by atoms with Crippen LogP contribution in [0.15, 0.2) is 0 Å². The zero-order valence-corrected chi connectivity index (χ0v) is 7.65. The average molecular weight is 157 g/mol. The Morgan fingerprint density at radius 3 is 2.82 bits per heavy atom. The summed E-state index contributed by atoms with van der Waals surface area (Å²) >= 11 is 0. The van der Waals surface area contributed by atoms with E-state index in [-0.39, 0.29) is 0 Å². The van der Waals surface area contributed by atoms with Crippen molar-refractivity contribution in [3.8, 4) is 0 Å². The largest absolute Gasteiger partial charge is 0.383 e. The van der Waals surface area contributed by atoms with Crippen LogP contribution in [0.5, 0.6) is 0 Å². The van der Waals surface area contributed by atoms with E-state index < -0.39 is 0 Å². The fraction of sp³-hybridized carbons (Fsp3) is 1.00. The zero-order chi connectivity index (χ0) is 8.16. The van der Waals surface area contributed by atoms with Crippen LogP contribution in [-0.2, 0) is 4.74 Å². The van der Waals surface area contributed by atoms with Crippen LogP contribution in [0.4, 0.5) is 0 Å². The molecule has 0 spiro atoms. The van der Waals surface area contributed by atoms with Gasteiger partial charge in [-0.05, 0) is 25.8 Å². The maximum atomic E-state index is 5.22. The molecular formula is C9H19NO. The second-order valence-electron chi connectivity index (χ2n) is 3.49. The number of nitrogens with one attached hydrogen (secondary N) is 1. The summed E-state index contributed by atoms with van der Waals surface area (Å²) in [6.45, 7) is 4.28. The number of ether oxygens (including phenoxy) is 1. The summed E-state index contributed by atoms with van der Waals surface area (Å²) in [7, 11) is 1.79. The van der Waals surface area contributed by atoms with E-state index in [1.165, 1.54) is 32.2 Å². The van der Waals surface area contributed by atoms with Crippen LogP contribution < -0.4 is 5.32 Å². The predicted molar refractivity (Wildman–Crippen MR) is 46.8 cm³/mol. The smallest absolute Gasteiger partial charge is 0.0644 e. The Bertz CT molecular complexity index is 100. The summed E-state index contributed by atoms with van der Waals surface area (Å²) in [5.41, 5.74) is 0.323. The molecule has 0 saturated carbocycles. The van der Waals surface area contributed by atoms with Crippen molar-refractivity contribution in [3.05, 3.63) is 0 Å². The molecule has 0 aliphatic carbocycles. The average Bonchev–Trinajstić information content (AvgIpc) is 2.39. The summed E-state index contributed by atoms with van der Waals surface area (Å²) in [4.78, 5) is 0. The SMILES string of the molecule is CCC[C@]1(COC)CCCN1. The Labute approximate surface area is 69.3 Å². The summed E-state index contributed by atoms with van der Waals surface area (Å²) in [6, 6.07) is 0. The standard InChI is InChI=1S/C9H19NO/c1-3-5-9(8-11-2)6-4-7-10-9/h10H,3-8H2,1-2H3/t9-/m1/s1. The van der Waals surface area contributed by atoms with Crippen molar-refractivity contribution in [1.29, 1.82) is 0 Å². The van der Waals surface area contributed by atoms with E-state index in [4.69, 9.17) is 4.74 Å². The molecule has 1 aliphatic rings. The third-order valence-corrected chi connectivity index (χ3v) is 2.48. The number of hydrogen-bond donors (Lipinski definition) is 1. The van der Waals surface area contributed by atoms with E-state index in [2.05, 4.69) is 12.2 Å². The van der Waals surface area contributed by atoms with Crippen molar-refractivity contribution >= 4 is 0 Å². The van der Waals surface area contributed by atoms with Crippen LogP contribution in [0.3, 0.4) is 0 Å². The molecule has 1 aliphatic heterocycles. The molecule has 11 heavy (non-hydrogen) atoms. The van der Waals surface area contributed by atoms with Gasteiger partial charge in [0.05, 0.1) is 6.61 Å². The Balaban J connectivity index is 2.40. The van der Waals surface area contributed by atoms with Crippen molar-refractivity contribution in [2.24, 2.45) is 0 Å². The second kappa shape index (κ2) is 4.07. The maximum absolute atomic E-state index is 5.22. The topological polar surface area (TPSA) is 21.3 Å². The lowest BCUT2D eigenvalue weighted by Crippen LogP contribution is -2.43. The first-order valence-electron chi connectivity index (χ1n) is 4.57. The number of methoxy groups -OCH3 is 1. The molecule has 1 rings (SSSR count). The third kappa shape index (κ3) is 2.17. The highest BCUT2D eigenvalue weighted by atomic mass is 16.5. The van der Waals surface area contributed by atoms with E-state index >= 15 is 0 Å². The zero-order valence-electron chi connectivity index (χ0n) is 7.65. The van der Waals surface area contributed by atoms with E-state index in [9.17, 15) is 0 Å². The van der Waals surface area contributed by atoms with Crippen molar-refractivity contribution in [1.82, 2.24) is 5.32 Å². The van der Waals surface area contributed by atoms with Crippen molar-refractivity contribution in [2.75, 3.05) is 20.3 Å². The summed E-state index contributed by atoms with van der Waals surface area (Å²) in [6.07, 6.45) is 5.09. The van der Waals surface area contributed by atoms with Gasteiger partial charge in [0.2, 0.25) is 0 Å². The molecule has 1 atom stereocenters. The second-order valence-corrected chi connectivity index (χ2v) is 3.49. The number of hydrogen-bond acceptors (Lipinski definition) is 2. The summed E-state index contributed by atoms with van der Waals surface area (Å²) in [5, 5.41) is 3.55. The van der Waals surface area contributed by atoms with Gasteiger partial charge in [-0.2, -0.15) is 0 Å². The van der Waals surface area contributed by atoms with Gasteiger partial charge in [0.15, 0.2) is 0 Å². The molecular weight excluding hydrogens is 138 g/mol. The first-order valence-corrected chi connectivity index (χ1v) is 4.57. The van der Waals surface area contributed by atoms with E-state index in [1.54, 1.807) is 7.11 Å². The van der Waals surface area contributed by atoms with Gasteiger partial charge in [-0.25, -0.2) is 0 Å². The molecule has 1 saturated heterocycles. The first-order chi connectivity index (χ1) is 5.33. The molecule has 0 amide bonds. The molecule has 0 unspecified atom stereocenters. The molecule has 0 aromatic carbocycles. The predicted octanol–water partition coefficient (Wildman–Crippen LogP) is 1.56. The highest BCUT2D eigenvalue weighted by molar-refractivity contribution is 4.92. The van der Waals surface area contributed by atoms with Gasteiger partial charge < -0.3 is 10.1 Å². The maximum Gasteiger partial charge on any atom is 0.0644 e. The number of rotatable bonds is 4. The lowest BCUT2D eigenvalue weighted by molar-refractivity contribution is 0.114. The minimum atomic E-state index is 0.323. The molecule has 1 N–H and O–H groups in total. The lowest BCUT2D eigenvalue weighted by Gasteiger charge is -2.28. The monoisotopic (exact) mass is 157 g/mol. The molecule has 2 heteroatoms. The van der Waals surface area contributed by atoms with Crippen LogP contribution in [0, 0.1) is 0 Å². The van der Waals surface area contributed by atoms with Crippen LogP contribution in [0.1, 0.15) is 32.6 Å². The summed E-state index contributed by atoms with van der Waals surface area (Å²) < 4.78 is 5.22. The molecule has 0 aromatic rings. The Hall–Kier alpha value is -0.0800. The van der Waals surface area contributed by atoms with Gasteiger partial charge in [-0.3, -0.25) is 0 Å². The van der Waals surface area contributed by atoms with Crippen LogP contribution in [-0.4, -0.2) is 25.8 Å². The quantitative estimate of drug-likeness (QED) is 0.668. The molecule has 0 radical (unpaired) electrons. The van der Waals surface area contributed by atoms with E-state index in [0.29, 0.717) is 5.54 Å². The van der Waals surface area contributed by atoms with Crippen LogP contribution in [0.25, 0.3) is 0 Å². The van der Waals surface area contributed by atoms with Crippen molar-refractivity contribution < 1.29 is 4.74 Å². The normalized spacial score (nSPS) is 31.1. The Kier molecular flexibility index (Phi) is 3.34. The Morgan fingerprint density at radius 2 is 2.36 bits per heavy atom. The van der Waals surface area contributed by atoms with Crippen LogP contribution >= 0.6 is 0 Å². The van der Waals surface area contributed by atoms with Gasteiger partial charge in [0, 0.05) is 12.6 Å². The van der Waals surface area contributed by atoms with E-state index in [1.807, 2.05) is 0 Å². The van der Waals surface area contributed by atoms with Crippen molar-refractivity contribution in [3.63, 3.8) is 0 Å². The lowest BCUT2D eigenvalue weighted by atomic mass is 9.93. The van der Waals surface area contributed by atoms with Crippen LogP contribution in [0.2, 0.25) is 0 Å². The van der Waals surface area contributed by atoms with Gasteiger partial charge in [-0.15, -0.1) is 0 Å².